The van der Waals surface area contributed by atoms with E-state index in [0.717, 1.165) is 0 Å². The summed E-state index contributed by atoms with van der Waals surface area (Å²) in [6, 6.07) is 13.8. The Morgan fingerprint density at radius 1 is 1.14 bits per heavy atom. The van der Waals surface area contributed by atoms with Gasteiger partial charge >= 0.3 is 5.97 Å². The lowest BCUT2D eigenvalue weighted by Crippen LogP contribution is -2.40. The summed E-state index contributed by atoms with van der Waals surface area (Å²) in [5, 5.41) is 0. The van der Waals surface area contributed by atoms with E-state index in [1.54, 1.807) is 32.2 Å². The van der Waals surface area contributed by atoms with Gasteiger partial charge in [-0.05, 0) is 25.1 Å². The quantitative estimate of drug-likeness (QED) is 0.246. The van der Waals surface area contributed by atoms with Gasteiger partial charge in [-0.3, -0.25) is 9.36 Å². The molecule has 1 aliphatic rings. The standard InChI is InChI=1S/C28H26N2O6S/c1-5-14-35-21-12-8-6-10-19(21)17-23-26(31)30-25(20-11-7-9-13-22(20)34-4)24(18(2)29-28(30)37-23)27(32)36-16-15-33-3/h1,6-13,17,25H,14-16H2,2-4H3. The van der Waals surface area contributed by atoms with Crippen molar-refractivity contribution in [1.29, 1.82) is 0 Å². The fourth-order valence-corrected chi connectivity index (χ4v) is 5.09. The van der Waals surface area contributed by atoms with Gasteiger partial charge in [0.05, 0.1) is 29.5 Å². The van der Waals surface area contributed by atoms with E-state index in [1.165, 1.54) is 23.0 Å². The highest BCUT2D eigenvalue weighted by Gasteiger charge is 2.35. The maximum atomic E-state index is 13.8. The van der Waals surface area contributed by atoms with Gasteiger partial charge in [-0.2, -0.15) is 0 Å². The maximum absolute atomic E-state index is 13.8. The molecule has 0 fully saturated rings. The van der Waals surface area contributed by atoms with Crippen molar-refractivity contribution in [2.75, 3.05) is 34.0 Å². The van der Waals surface area contributed by atoms with Gasteiger partial charge in [-0.15, -0.1) is 6.42 Å². The zero-order chi connectivity index (χ0) is 26.4. The number of ether oxygens (including phenoxy) is 4. The van der Waals surface area contributed by atoms with E-state index < -0.39 is 12.0 Å². The summed E-state index contributed by atoms with van der Waals surface area (Å²) in [6.45, 7) is 2.16. The third-order valence-corrected chi connectivity index (χ3v) is 6.70. The fourth-order valence-electron chi connectivity index (χ4n) is 4.06. The van der Waals surface area contributed by atoms with Crippen molar-refractivity contribution in [2.45, 2.75) is 13.0 Å². The van der Waals surface area contributed by atoms with E-state index in [0.29, 0.717) is 37.7 Å². The first-order chi connectivity index (χ1) is 18.0. The lowest BCUT2D eigenvalue weighted by atomic mass is 9.95. The van der Waals surface area contributed by atoms with Crippen LogP contribution < -0.4 is 24.4 Å². The van der Waals surface area contributed by atoms with Crippen LogP contribution in [-0.2, 0) is 14.3 Å². The Morgan fingerprint density at radius 3 is 2.59 bits per heavy atom. The van der Waals surface area contributed by atoms with Gasteiger partial charge in [0.2, 0.25) is 0 Å². The lowest BCUT2D eigenvalue weighted by molar-refractivity contribution is -0.140. The van der Waals surface area contributed by atoms with Crippen LogP contribution in [0.5, 0.6) is 11.5 Å². The van der Waals surface area contributed by atoms with Crippen LogP contribution in [0.4, 0.5) is 0 Å². The number of rotatable bonds is 9. The monoisotopic (exact) mass is 518 g/mol. The molecular weight excluding hydrogens is 492 g/mol. The van der Waals surface area contributed by atoms with Gasteiger partial charge in [-0.25, -0.2) is 9.79 Å². The largest absolute Gasteiger partial charge is 0.496 e. The number of hydrogen-bond acceptors (Lipinski definition) is 8. The van der Waals surface area contributed by atoms with Gasteiger partial charge < -0.3 is 18.9 Å². The molecule has 0 aliphatic carbocycles. The molecule has 0 N–H and O–H groups in total. The van der Waals surface area contributed by atoms with E-state index in [4.69, 9.17) is 25.4 Å². The van der Waals surface area contributed by atoms with E-state index in [9.17, 15) is 9.59 Å². The van der Waals surface area contributed by atoms with Crippen molar-refractivity contribution < 1.29 is 23.7 Å². The summed E-state index contributed by atoms with van der Waals surface area (Å²) in [6.07, 6.45) is 7.08. The molecule has 0 radical (unpaired) electrons. The van der Waals surface area contributed by atoms with Gasteiger partial charge in [-0.1, -0.05) is 53.7 Å². The topological polar surface area (TPSA) is 88.4 Å². The number of thiazole rings is 1. The summed E-state index contributed by atoms with van der Waals surface area (Å²) >= 11 is 1.23. The molecule has 0 spiro atoms. The number of allylic oxidation sites excluding steroid dienone is 1. The van der Waals surface area contributed by atoms with Crippen LogP contribution in [0.15, 0.2) is 69.6 Å². The second-order valence-corrected chi connectivity index (χ2v) is 8.99. The Labute approximate surface area is 218 Å². The maximum Gasteiger partial charge on any atom is 0.338 e. The normalized spacial score (nSPS) is 15.0. The summed E-state index contributed by atoms with van der Waals surface area (Å²) in [4.78, 5) is 32.1. The molecule has 37 heavy (non-hydrogen) atoms. The fraction of sp³-hybridized carbons (Fsp3) is 0.250. The molecule has 0 bridgehead atoms. The van der Waals surface area contributed by atoms with E-state index >= 15 is 0 Å². The smallest absolute Gasteiger partial charge is 0.338 e. The minimum atomic E-state index is -0.794. The second-order valence-electron chi connectivity index (χ2n) is 7.98. The van der Waals surface area contributed by atoms with Crippen LogP contribution in [0.25, 0.3) is 6.08 Å². The SMILES string of the molecule is C#CCOc1ccccc1C=c1sc2n(c1=O)C(c1ccccc1OC)C(C(=O)OCCOC)=C(C)N=2. The van der Waals surface area contributed by atoms with Crippen molar-refractivity contribution in [1.82, 2.24) is 4.57 Å². The summed E-state index contributed by atoms with van der Waals surface area (Å²) in [7, 11) is 3.07. The molecule has 1 aliphatic heterocycles. The number of nitrogens with zero attached hydrogens (tertiary/aromatic N) is 2. The first-order valence-electron chi connectivity index (χ1n) is 11.5. The molecule has 4 rings (SSSR count). The molecule has 8 nitrogen and oxygen atoms in total. The van der Waals surface area contributed by atoms with E-state index in [1.807, 2.05) is 36.4 Å². The highest BCUT2D eigenvalue weighted by Crippen LogP contribution is 2.35. The number of terminal acetylenes is 1. The van der Waals surface area contributed by atoms with Gasteiger partial charge in [0.15, 0.2) is 4.80 Å². The third kappa shape index (κ3) is 5.35. The minimum Gasteiger partial charge on any atom is -0.496 e. The Bertz CT molecular complexity index is 1560. The molecule has 3 aromatic rings. The Morgan fingerprint density at radius 2 is 1.86 bits per heavy atom. The lowest BCUT2D eigenvalue weighted by Gasteiger charge is -2.26. The highest BCUT2D eigenvalue weighted by molar-refractivity contribution is 7.07. The van der Waals surface area contributed by atoms with Crippen LogP contribution in [-0.4, -0.2) is 44.6 Å². The number of esters is 1. The van der Waals surface area contributed by atoms with Crippen LogP contribution in [0.2, 0.25) is 0 Å². The molecule has 1 aromatic heterocycles. The average Bonchev–Trinajstić information content (AvgIpc) is 3.21. The summed E-state index contributed by atoms with van der Waals surface area (Å²) < 4.78 is 23.6. The first-order valence-corrected chi connectivity index (χ1v) is 12.3. The summed E-state index contributed by atoms with van der Waals surface area (Å²) in [5.74, 6) is 2.97. The molecule has 9 heteroatoms. The van der Waals surface area contributed by atoms with Gasteiger partial charge in [0.25, 0.3) is 5.56 Å². The first kappa shape index (κ1) is 25.9. The van der Waals surface area contributed by atoms with Crippen molar-refractivity contribution in [3.05, 3.63) is 90.6 Å². The number of benzene rings is 2. The molecule has 0 saturated carbocycles. The van der Waals surface area contributed by atoms with Crippen LogP contribution in [0.1, 0.15) is 24.1 Å². The van der Waals surface area contributed by atoms with Crippen molar-refractivity contribution in [2.24, 2.45) is 4.99 Å². The molecule has 190 valence electrons. The number of aromatic nitrogens is 1. The van der Waals surface area contributed by atoms with Gasteiger partial charge in [0, 0.05) is 18.2 Å². The molecular formula is C28H26N2O6S. The van der Waals surface area contributed by atoms with Crippen LogP contribution in [0.3, 0.4) is 0 Å². The van der Waals surface area contributed by atoms with E-state index in [2.05, 4.69) is 10.9 Å². The minimum absolute atomic E-state index is 0.0730. The van der Waals surface area contributed by atoms with E-state index in [-0.39, 0.29) is 31.0 Å². The number of fused-ring (bicyclic) bond motifs is 1. The van der Waals surface area contributed by atoms with Crippen LogP contribution in [0, 0.1) is 12.3 Å². The Kier molecular flexibility index (Phi) is 8.23. The van der Waals surface area contributed by atoms with Crippen LogP contribution >= 0.6 is 11.3 Å². The summed E-state index contributed by atoms with van der Waals surface area (Å²) in [5.41, 5.74) is 1.76. The molecule has 1 unspecified atom stereocenters. The van der Waals surface area contributed by atoms with Crippen molar-refractivity contribution >= 4 is 23.4 Å². The number of para-hydroxylation sites is 2. The number of hydrogen-bond donors (Lipinski definition) is 0. The zero-order valence-electron chi connectivity index (χ0n) is 20.7. The molecule has 0 amide bonds. The molecule has 0 saturated heterocycles. The molecule has 2 heterocycles. The Hall–Kier alpha value is -4.13. The molecule has 2 aromatic carbocycles. The highest BCUT2D eigenvalue weighted by atomic mass is 32.1. The molecule has 1 atom stereocenters. The van der Waals surface area contributed by atoms with Crippen molar-refractivity contribution in [3.63, 3.8) is 0 Å². The zero-order valence-corrected chi connectivity index (χ0v) is 21.5. The predicted molar refractivity (Wildman–Crippen MR) is 140 cm³/mol. The Balaban J connectivity index is 1.91. The number of carbonyl (C=O) groups excluding carboxylic acids is 1. The third-order valence-electron chi connectivity index (χ3n) is 5.71. The van der Waals surface area contributed by atoms with Crippen molar-refractivity contribution in [3.8, 4) is 23.8 Å². The predicted octanol–water partition coefficient (Wildman–Crippen LogP) is 2.45. The average molecular weight is 519 g/mol. The number of methoxy groups -OCH3 is 2. The second kappa shape index (κ2) is 11.7. The number of carbonyl (C=O) groups is 1. The van der Waals surface area contributed by atoms with Gasteiger partial charge in [0.1, 0.15) is 30.8 Å².